The highest BCUT2D eigenvalue weighted by molar-refractivity contribution is 5.85. The third-order valence-electron chi connectivity index (χ3n) is 3.97. The lowest BCUT2D eigenvalue weighted by Crippen LogP contribution is -2.32. The summed E-state index contributed by atoms with van der Waals surface area (Å²) < 4.78 is 3.31. The van der Waals surface area contributed by atoms with Gasteiger partial charge in [0.2, 0.25) is 0 Å². The molecule has 1 unspecified atom stereocenters. The van der Waals surface area contributed by atoms with E-state index in [0.29, 0.717) is 5.65 Å². The SMILES string of the molecule is Cl.O=c1n(-c2ccccc2)c(C2CCCN2)nc2cccn12. The summed E-state index contributed by atoms with van der Waals surface area (Å²) in [5.41, 5.74) is 1.49. The average molecular weight is 317 g/mol. The summed E-state index contributed by atoms with van der Waals surface area (Å²) in [5.74, 6) is 0.801. The van der Waals surface area contributed by atoms with E-state index in [1.54, 1.807) is 15.2 Å². The number of aromatic nitrogens is 3. The van der Waals surface area contributed by atoms with Crippen LogP contribution in [-0.4, -0.2) is 20.5 Å². The van der Waals surface area contributed by atoms with Crippen LogP contribution in [-0.2, 0) is 0 Å². The van der Waals surface area contributed by atoms with Crippen LogP contribution in [0.5, 0.6) is 0 Å². The Morgan fingerprint density at radius 2 is 1.95 bits per heavy atom. The lowest BCUT2D eigenvalue weighted by atomic mass is 10.2. The molecular weight excluding hydrogens is 300 g/mol. The van der Waals surface area contributed by atoms with Gasteiger partial charge < -0.3 is 5.32 Å². The quantitative estimate of drug-likeness (QED) is 0.789. The molecule has 4 rings (SSSR count). The topological polar surface area (TPSA) is 51.3 Å². The highest BCUT2D eigenvalue weighted by atomic mass is 35.5. The Labute approximate surface area is 134 Å². The van der Waals surface area contributed by atoms with Crippen molar-refractivity contribution in [1.82, 2.24) is 19.3 Å². The van der Waals surface area contributed by atoms with Gasteiger partial charge in [0.15, 0.2) is 0 Å². The van der Waals surface area contributed by atoms with Gasteiger partial charge in [-0.1, -0.05) is 18.2 Å². The van der Waals surface area contributed by atoms with Crippen LogP contribution < -0.4 is 11.0 Å². The van der Waals surface area contributed by atoms with Gasteiger partial charge in [0.05, 0.1) is 11.7 Å². The van der Waals surface area contributed by atoms with Crippen LogP contribution in [0.25, 0.3) is 11.3 Å². The lowest BCUT2D eigenvalue weighted by molar-refractivity contribution is 0.572. The molecule has 0 saturated carbocycles. The van der Waals surface area contributed by atoms with Crippen LogP contribution in [0, 0.1) is 0 Å². The van der Waals surface area contributed by atoms with Crippen molar-refractivity contribution in [1.29, 1.82) is 0 Å². The zero-order valence-electron chi connectivity index (χ0n) is 12.0. The maximum atomic E-state index is 12.8. The highest BCUT2D eigenvalue weighted by Gasteiger charge is 2.23. The Morgan fingerprint density at radius 3 is 2.68 bits per heavy atom. The zero-order valence-corrected chi connectivity index (χ0v) is 12.8. The van der Waals surface area contributed by atoms with Gasteiger partial charge in [-0.15, -0.1) is 12.4 Å². The third kappa shape index (κ3) is 2.32. The maximum absolute atomic E-state index is 12.8. The standard InChI is InChI=1S/C16H16N4O.ClH/c21-16-19-11-5-9-14(19)18-15(13-8-4-10-17-13)20(16)12-6-2-1-3-7-12;/h1-3,5-7,9,11,13,17H,4,8,10H2;1H. The second-order valence-electron chi connectivity index (χ2n) is 5.31. The second-order valence-corrected chi connectivity index (χ2v) is 5.31. The summed E-state index contributed by atoms with van der Waals surface area (Å²) >= 11 is 0. The van der Waals surface area contributed by atoms with Crippen molar-refractivity contribution in [2.75, 3.05) is 6.54 Å². The second kappa shape index (κ2) is 5.94. The zero-order chi connectivity index (χ0) is 14.2. The molecule has 22 heavy (non-hydrogen) atoms. The Hall–Kier alpha value is -2.11. The molecule has 114 valence electrons. The molecule has 1 aliphatic heterocycles. The Balaban J connectivity index is 0.00000144. The van der Waals surface area contributed by atoms with Crippen molar-refractivity contribution in [3.05, 3.63) is 65.0 Å². The number of halogens is 1. The molecule has 5 nitrogen and oxygen atoms in total. The molecule has 0 radical (unpaired) electrons. The number of nitrogens with zero attached hydrogens (tertiary/aromatic N) is 3. The first kappa shape index (κ1) is 14.8. The third-order valence-corrected chi connectivity index (χ3v) is 3.97. The number of hydrogen-bond acceptors (Lipinski definition) is 3. The van der Waals surface area contributed by atoms with Gasteiger partial charge in [-0.25, -0.2) is 14.3 Å². The van der Waals surface area contributed by atoms with Crippen molar-refractivity contribution in [3.8, 4) is 5.69 Å². The molecule has 3 heterocycles. The molecule has 0 bridgehead atoms. The molecule has 1 N–H and O–H groups in total. The smallest absolute Gasteiger partial charge is 0.307 e. The summed E-state index contributed by atoms with van der Waals surface area (Å²) in [6.07, 6.45) is 3.88. The molecule has 1 fully saturated rings. The fourth-order valence-electron chi connectivity index (χ4n) is 2.96. The normalized spacial score (nSPS) is 17.5. The minimum absolute atomic E-state index is 0. The molecule has 1 atom stereocenters. The molecular formula is C16H17ClN4O. The van der Waals surface area contributed by atoms with Crippen LogP contribution in [0.15, 0.2) is 53.5 Å². The number of nitrogens with one attached hydrogen (secondary N) is 1. The van der Waals surface area contributed by atoms with E-state index in [0.717, 1.165) is 30.9 Å². The minimum Gasteiger partial charge on any atom is -0.307 e. The summed E-state index contributed by atoms with van der Waals surface area (Å²) in [7, 11) is 0. The van der Waals surface area contributed by atoms with Crippen molar-refractivity contribution >= 4 is 18.1 Å². The summed E-state index contributed by atoms with van der Waals surface area (Å²) in [5, 5.41) is 3.44. The van der Waals surface area contributed by atoms with E-state index in [2.05, 4.69) is 5.32 Å². The van der Waals surface area contributed by atoms with E-state index in [9.17, 15) is 4.79 Å². The van der Waals surface area contributed by atoms with Gasteiger partial charge in [-0.2, -0.15) is 0 Å². The maximum Gasteiger partial charge on any atom is 0.339 e. The van der Waals surface area contributed by atoms with E-state index in [1.165, 1.54) is 0 Å². The number of para-hydroxylation sites is 1. The average Bonchev–Trinajstić information content (AvgIpc) is 3.19. The predicted octanol–water partition coefficient (Wildman–Crippen LogP) is 2.33. The molecule has 3 aromatic rings. The number of benzene rings is 1. The van der Waals surface area contributed by atoms with Crippen molar-refractivity contribution in [3.63, 3.8) is 0 Å². The van der Waals surface area contributed by atoms with Gasteiger partial charge in [0.25, 0.3) is 0 Å². The van der Waals surface area contributed by atoms with Gasteiger partial charge in [-0.05, 0) is 43.7 Å². The first-order valence-electron chi connectivity index (χ1n) is 7.23. The summed E-state index contributed by atoms with van der Waals surface area (Å²) in [6.45, 7) is 0.974. The van der Waals surface area contributed by atoms with Crippen molar-refractivity contribution in [2.45, 2.75) is 18.9 Å². The largest absolute Gasteiger partial charge is 0.339 e. The highest BCUT2D eigenvalue weighted by Crippen LogP contribution is 2.23. The fourth-order valence-corrected chi connectivity index (χ4v) is 2.96. The van der Waals surface area contributed by atoms with Crippen LogP contribution in [0.3, 0.4) is 0 Å². The molecule has 1 aliphatic rings. The van der Waals surface area contributed by atoms with Crippen molar-refractivity contribution < 1.29 is 0 Å². The van der Waals surface area contributed by atoms with Gasteiger partial charge >= 0.3 is 5.69 Å². The molecule has 0 amide bonds. The van der Waals surface area contributed by atoms with E-state index in [1.807, 2.05) is 42.5 Å². The Bertz CT molecular complexity index is 834. The first-order valence-corrected chi connectivity index (χ1v) is 7.23. The predicted molar refractivity (Wildman–Crippen MR) is 88.0 cm³/mol. The fraction of sp³-hybridized carbons (Fsp3) is 0.250. The van der Waals surface area contributed by atoms with Gasteiger partial charge in [0, 0.05) is 6.20 Å². The number of rotatable bonds is 2. The molecule has 0 spiro atoms. The molecule has 1 saturated heterocycles. The first-order chi connectivity index (χ1) is 10.3. The summed E-state index contributed by atoms with van der Waals surface area (Å²) in [4.78, 5) is 17.5. The number of fused-ring (bicyclic) bond motifs is 1. The van der Waals surface area contributed by atoms with Crippen molar-refractivity contribution in [2.24, 2.45) is 0 Å². The Kier molecular flexibility index (Phi) is 4.00. The van der Waals surface area contributed by atoms with Crippen LogP contribution in [0.2, 0.25) is 0 Å². The summed E-state index contributed by atoms with van der Waals surface area (Å²) in [6, 6.07) is 13.6. The minimum atomic E-state index is -0.0695. The van der Waals surface area contributed by atoms with Crippen LogP contribution >= 0.6 is 12.4 Å². The van der Waals surface area contributed by atoms with E-state index in [-0.39, 0.29) is 24.1 Å². The number of hydrogen-bond donors (Lipinski definition) is 1. The lowest BCUT2D eigenvalue weighted by Gasteiger charge is -2.17. The van der Waals surface area contributed by atoms with E-state index < -0.39 is 0 Å². The van der Waals surface area contributed by atoms with Crippen LogP contribution in [0.1, 0.15) is 24.7 Å². The molecule has 2 aromatic heterocycles. The van der Waals surface area contributed by atoms with Gasteiger partial charge in [0.1, 0.15) is 11.5 Å². The van der Waals surface area contributed by atoms with Gasteiger partial charge in [-0.3, -0.25) is 4.40 Å². The van der Waals surface area contributed by atoms with E-state index >= 15 is 0 Å². The monoisotopic (exact) mass is 316 g/mol. The molecule has 0 aliphatic carbocycles. The van der Waals surface area contributed by atoms with E-state index in [4.69, 9.17) is 4.98 Å². The van der Waals surface area contributed by atoms with Crippen LogP contribution in [0.4, 0.5) is 0 Å². The Morgan fingerprint density at radius 1 is 1.14 bits per heavy atom. The molecule has 6 heteroatoms. The molecule has 1 aromatic carbocycles.